The maximum atomic E-state index is 2.52. The topological polar surface area (TPSA) is 0 Å². The summed E-state index contributed by atoms with van der Waals surface area (Å²) in [5, 5.41) is 14.9. The molecule has 0 fully saturated rings. The van der Waals surface area contributed by atoms with Crippen molar-refractivity contribution >= 4 is 64.6 Å². The van der Waals surface area contributed by atoms with Crippen molar-refractivity contribution in [2.75, 3.05) is 0 Å². The van der Waals surface area contributed by atoms with Crippen molar-refractivity contribution in [3.63, 3.8) is 0 Å². The summed E-state index contributed by atoms with van der Waals surface area (Å²) in [6, 6.07) is 91.8. The van der Waals surface area contributed by atoms with Crippen molar-refractivity contribution in [2.24, 2.45) is 0 Å². The fourth-order valence-electron chi connectivity index (χ4n) is 11.9. The highest BCUT2D eigenvalue weighted by molar-refractivity contribution is 6.23. The zero-order valence-corrected chi connectivity index (χ0v) is 43.1. The summed E-state index contributed by atoms with van der Waals surface area (Å²) in [7, 11) is 0. The van der Waals surface area contributed by atoms with Gasteiger partial charge in [-0.25, -0.2) is 0 Å². The molecule has 13 rings (SSSR count). The van der Waals surface area contributed by atoms with Crippen LogP contribution in [0.3, 0.4) is 0 Å². The van der Waals surface area contributed by atoms with E-state index in [1.807, 2.05) is 0 Å². The van der Waals surface area contributed by atoms with Gasteiger partial charge < -0.3 is 0 Å². The van der Waals surface area contributed by atoms with Crippen molar-refractivity contribution in [2.45, 2.75) is 52.4 Å². The van der Waals surface area contributed by atoms with Crippen molar-refractivity contribution in [1.29, 1.82) is 0 Å². The smallest absolute Gasteiger partial charge is 0.00258 e. The normalized spacial score (nSPS) is 12.2. The Bertz CT molecular complexity index is 3880. The van der Waals surface area contributed by atoms with Gasteiger partial charge in [-0.05, 0) is 202 Å². The third-order valence-corrected chi connectivity index (χ3v) is 15.7. The van der Waals surface area contributed by atoms with Crippen molar-refractivity contribution in [1.82, 2.24) is 0 Å². The molecule has 0 aliphatic rings. The zero-order valence-electron chi connectivity index (χ0n) is 43.1. The van der Waals surface area contributed by atoms with Gasteiger partial charge in [0.2, 0.25) is 0 Å². The lowest BCUT2D eigenvalue weighted by Crippen LogP contribution is -2.11. The summed E-state index contributed by atoms with van der Waals surface area (Å²) in [6.07, 6.45) is 0. The summed E-state index contributed by atoms with van der Waals surface area (Å²) in [4.78, 5) is 0. The van der Waals surface area contributed by atoms with Crippen LogP contribution in [0.1, 0.15) is 52.7 Å². The minimum Gasteiger partial charge on any atom is -0.0616 e. The van der Waals surface area contributed by atoms with E-state index >= 15 is 0 Å². The van der Waals surface area contributed by atoms with Gasteiger partial charge in [-0.1, -0.05) is 236 Å². The van der Waals surface area contributed by atoms with Crippen LogP contribution in [0, 0.1) is 0 Å². The van der Waals surface area contributed by atoms with Crippen LogP contribution >= 0.6 is 0 Å². The quantitative estimate of drug-likeness (QED) is 0.146. The van der Waals surface area contributed by atoms with Crippen LogP contribution in [0.5, 0.6) is 0 Å². The predicted molar refractivity (Wildman–Crippen MR) is 321 cm³/mol. The summed E-state index contributed by atoms with van der Waals surface area (Å²) in [5.74, 6) is 0. The van der Waals surface area contributed by atoms with Gasteiger partial charge in [-0.2, -0.15) is 0 Å². The molecule has 0 aliphatic heterocycles. The molecule has 0 nitrogen and oxygen atoms in total. The summed E-state index contributed by atoms with van der Waals surface area (Å²) < 4.78 is 0. The molecule has 0 aliphatic carbocycles. The number of hydrogen-bond donors (Lipinski definition) is 0. The standard InChI is InChI=1S/C74H58/c1-73(2,3)57-35-37-67-69(45-57)71(55-41-51(63-31-15-23-47-19-7-11-27-59(47)63)39-52(42-55)64-32-16-24-48-20-8-12-28-60(48)64)68-38-36-58(74(4,5)6)46-70(68)72(67)56-43-53(65-33-17-25-49-21-9-13-29-61(49)65)40-54(44-56)66-34-18-26-50-22-10-14-30-62(50)66/h7-46H,1-6H3. The molecule has 0 N–H and O–H groups in total. The molecule has 13 aromatic carbocycles. The van der Waals surface area contributed by atoms with E-state index in [1.165, 1.54) is 143 Å². The fraction of sp³-hybridized carbons (Fsp3) is 0.108. The molecule has 74 heavy (non-hydrogen) atoms. The molecular weight excluding hydrogens is 889 g/mol. The molecule has 0 aromatic heterocycles. The molecule has 354 valence electrons. The van der Waals surface area contributed by atoms with E-state index in [-0.39, 0.29) is 10.8 Å². The van der Waals surface area contributed by atoms with Crippen LogP contribution in [0.15, 0.2) is 243 Å². The SMILES string of the molecule is CC(C)(C)c1ccc2c(-c3cc(-c4cccc5ccccc45)cc(-c4cccc5ccccc45)c3)c3cc(C(C)(C)C)ccc3c(-c3cc(-c4cccc5ccccc45)cc(-c4cccc5ccccc45)c3)c2c1. The molecule has 0 amide bonds. The van der Waals surface area contributed by atoms with Crippen molar-refractivity contribution < 1.29 is 0 Å². The third-order valence-electron chi connectivity index (χ3n) is 15.7. The summed E-state index contributed by atoms with van der Waals surface area (Å²) in [5.41, 5.74) is 17.1. The maximum Gasteiger partial charge on any atom is -0.00258 e. The van der Waals surface area contributed by atoms with Gasteiger partial charge in [0.05, 0.1) is 0 Å². The Labute approximate surface area is 435 Å². The highest BCUT2D eigenvalue weighted by Crippen LogP contribution is 2.50. The van der Waals surface area contributed by atoms with Gasteiger partial charge >= 0.3 is 0 Å². The van der Waals surface area contributed by atoms with E-state index in [1.54, 1.807) is 0 Å². The largest absolute Gasteiger partial charge is 0.0616 e. The van der Waals surface area contributed by atoms with Crippen LogP contribution in [-0.2, 0) is 10.8 Å². The molecular formula is C74H58. The first kappa shape index (κ1) is 45.3. The molecule has 0 heteroatoms. The van der Waals surface area contributed by atoms with Crippen LogP contribution in [-0.4, -0.2) is 0 Å². The van der Waals surface area contributed by atoms with Gasteiger partial charge in [0.25, 0.3) is 0 Å². The molecule has 13 aromatic rings. The van der Waals surface area contributed by atoms with E-state index in [0.29, 0.717) is 0 Å². The van der Waals surface area contributed by atoms with Crippen LogP contribution in [0.2, 0.25) is 0 Å². The number of hydrogen-bond acceptors (Lipinski definition) is 0. The van der Waals surface area contributed by atoms with Crippen LogP contribution < -0.4 is 0 Å². The van der Waals surface area contributed by atoms with Crippen LogP contribution in [0.25, 0.3) is 131 Å². The van der Waals surface area contributed by atoms with Gasteiger partial charge in [0.15, 0.2) is 0 Å². The van der Waals surface area contributed by atoms with E-state index in [0.717, 1.165) is 0 Å². The van der Waals surface area contributed by atoms with Gasteiger partial charge in [0, 0.05) is 0 Å². The number of fused-ring (bicyclic) bond motifs is 6. The highest BCUT2D eigenvalue weighted by atomic mass is 14.3. The monoisotopic (exact) mass is 946 g/mol. The second kappa shape index (κ2) is 17.6. The Morgan fingerprint density at radius 3 is 0.743 bits per heavy atom. The molecule has 0 saturated carbocycles. The lowest BCUT2D eigenvalue weighted by Gasteiger charge is -2.26. The first-order valence-corrected chi connectivity index (χ1v) is 26.2. The molecule has 0 radical (unpaired) electrons. The Balaban J connectivity index is 1.18. The fourth-order valence-corrected chi connectivity index (χ4v) is 11.9. The lowest BCUT2D eigenvalue weighted by atomic mass is 9.78. The Hall–Kier alpha value is -8.58. The van der Waals surface area contributed by atoms with E-state index in [2.05, 4.69) is 284 Å². The number of rotatable bonds is 6. The number of benzene rings is 13. The molecule has 0 unspecified atom stereocenters. The van der Waals surface area contributed by atoms with E-state index < -0.39 is 0 Å². The summed E-state index contributed by atoms with van der Waals surface area (Å²) in [6.45, 7) is 14.1. The third kappa shape index (κ3) is 7.85. The average molecular weight is 947 g/mol. The van der Waals surface area contributed by atoms with Gasteiger partial charge in [0.1, 0.15) is 0 Å². The predicted octanol–water partition coefficient (Wildman–Crippen LogP) is 21.2. The molecule has 0 bridgehead atoms. The Morgan fingerprint density at radius 1 is 0.203 bits per heavy atom. The molecule has 0 saturated heterocycles. The van der Waals surface area contributed by atoms with E-state index in [4.69, 9.17) is 0 Å². The highest BCUT2D eigenvalue weighted by Gasteiger charge is 2.25. The van der Waals surface area contributed by atoms with Crippen molar-refractivity contribution in [3.8, 4) is 66.8 Å². The first-order valence-electron chi connectivity index (χ1n) is 26.2. The Kier molecular flexibility index (Phi) is 10.8. The van der Waals surface area contributed by atoms with E-state index in [9.17, 15) is 0 Å². The lowest BCUT2D eigenvalue weighted by molar-refractivity contribution is 0.590. The second-order valence-corrected chi connectivity index (χ2v) is 22.5. The molecule has 0 atom stereocenters. The van der Waals surface area contributed by atoms with Crippen LogP contribution in [0.4, 0.5) is 0 Å². The Morgan fingerprint density at radius 2 is 0.459 bits per heavy atom. The second-order valence-electron chi connectivity index (χ2n) is 22.5. The minimum atomic E-state index is -0.0919. The summed E-state index contributed by atoms with van der Waals surface area (Å²) >= 11 is 0. The molecule has 0 heterocycles. The average Bonchev–Trinajstić information content (AvgIpc) is 3.43. The first-order chi connectivity index (χ1) is 35.9. The maximum absolute atomic E-state index is 2.52. The van der Waals surface area contributed by atoms with Gasteiger partial charge in [-0.15, -0.1) is 0 Å². The van der Waals surface area contributed by atoms with Crippen molar-refractivity contribution in [3.05, 3.63) is 254 Å². The zero-order chi connectivity index (χ0) is 50.3. The minimum absolute atomic E-state index is 0.0919. The molecule has 0 spiro atoms. The van der Waals surface area contributed by atoms with Gasteiger partial charge in [-0.3, -0.25) is 0 Å².